The fraction of sp³-hybridized carbons (Fsp3) is 0.571. The molecule has 0 fully saturated rings. The molecule has 0 spiro atoms. The van der Waals surface area contributed by atoms with Gasteiger partial charge in [-0.1, -0.05) is 6.92 Å². The summed E-state index contributed by atoms with van der Waals surface area (Å²) in [6, 6.07) is 3.41. The maximum Gasteiger partial charge on any atom is 0.254 e. The van der Waals surface area contributed by atoms with Gasteiger partial charge >= 0.3 is 0 Å². The van der Waals surface area contributed by atoms with Crippen molar-refractivity contribution in [1.82, 2.24) is 9.88 Å². The van der Waals surface area contributed by atoms with Crippen LogP contribution in [0.25, 0.3) is 0 Å². The van der Waals surface area contributed by atoms with E-state index in [-0.39, 0.29) is 12.5 Å². The topological polar surface area (TPSA) is 74.7 Å². The predicted molar refractivity (Wildman–Crippen MR) is 77.9 cm³/mol. The summed E-state index contributed by atoms with van der Waals surface area (Å²) in [6.45, 7) is 4.00. The van der Waals surface area contributed by atoms with Crippen molar-refractivity contribution in [2.24, 2.45) is 0 Å². The van der Waals surface area contributed by atoms with Gasteiger partial charge in [0.15, 0.2) is 0 Å². The number of nitrogens with one attached hydrogen (secondary N) is 1. The number of carbonyl (C=O) groups is 1. The highest BCUT2D eigenvalue weighted by Crippen LogP contribution is 2.10. The van der Waals surface area contributed by atoms with Crippen LogP contribution in [-0.2, 0) is 4.74 Å². The number of hydrogen-bond donors (Lipinski definition) is 2. The van der Waals surface area contributed by atoms with Crippen molar-refractivity contribution in [2.75, 3.05) is 45.3 Å². The molecule has 1 rings (SSSR count). The monoisotopic (exact) mass is 281 g/mol. The van der Waals surface area contributed by atoms with Gasteiger partial charge in [-0.05, 0) is 18.6 Å². The lowest BCUT2D eigenvalue weighted by Gasteiger charge is -2.21. The minimum Gasteiger partial charge on any atom is -0.395 e. The molecule has 0 aliphatic rings. The molecule has 0 saturated carbocycles. The zero-order valence-corrected chi connectivity index (χ0v) is 12.1. The first kappa shape index (κ1) is 16.4. The maximum absolute atomic E-state index is 12.4. The second-order valence-corrected chi connectivity index (χ2v) is 4.37. The SMILES string of the molecule is CCCNc1cc(C(=O)N(CCO)CCOC)ccn1. The summed E-state index contributed by atoms with van der Waals surface area (Å²) in [5.74, 6) is 0.562. The fourth-order valence-electron chi connectivity index (χ4n) is 1.73. The van der Waals surface area contributed by atoms with Gasteiger partial charge < -0.3 is 20.1 Å². The highest BCUT2D eigenvalue weighted by molar-refractivity contribution is 5.94. The minimum atomic E-state index is -0.127. The molecule has 6 heteroatoms. The van der Waals surface area contributed by atoms with Crippen LogP contribution in [0.3, 0.4) is 0 Å². The van der Waals surface area contributed by atoms with Crippen molar-refractivity contribution in [3.63, 3.8) is 0 Å². The summed E-state index contributed by atoms with van der Waals surface area (Å²) in [5.41, 5.74) is 0.558. The number of methoxy groups -OCH3 is 1. The number of nitrogens with zero attached hydrogens (tertiary/aromatic N) is 2. The second-order valence-electron chi connectivity index (χ2n) is 4.37. The molecule has 0 saturated heterocycles. The molecule has 0 aliphatic heterocycles. The van der Waals surface area contributed by atoms with E-state index >= 15 is 0 Å². The molecule has 2 N–H and O–H groups in total. The van der Waals surface area contributed by atoms with Gasteiger partial charge in [0.1, 0.15) is 5.82 Å². The van der Waals surface area contributed by atoms with E-state index in [2.05, 4.69) is 17.2 Å². The first-order valence-electron chi connectivity index (χ1n) is 6.82. The largest absolute Gasteiger partial charge is 0.395 e. The number of hydrogen-bond acceptors (Lipinski definition) is 5. The van der Waals surface area contributed by atoms with Crippen LogP contribution < -0.4 is 5.32 Å². The van der Waals surface area contributed by atoms with Crippen molar-refractivity contribution in [1.29, 1.82) is 0 Å². The second kappa shape index (κ2) is 9.28. The smallest absolute Gasteiger partial charge is 0.254 e. The Labute approximate surface area is 119 Å². The lowest BCUT2D eigenvalue weighted by molar-refractivity contribution is 0.0656. The van der Waals surface area contributed by atoms with Crippen LogP contribution in [0.4, 0.5) is 5.82 Å². The van der Waals surface area contributed by atoms with Crippen LogP contribution in [0.15, 0.2) is 18.3 Å². The van der Waals surface area contributed by atoms with Gasteiger partial charge in [-0.15, -0.1) is 0 Å². The number of pyridine rings is 1. The van der Waals surface area contributed by atoms with E-state index < -0.39 is 0 Å². The molecule has 0 atom stereocenters. The van der Waals surface area contributed by atoms with Crippen molar-refractivity contribution in [2.45, 2.75) is 13.3 Å². The molecule has 0 bridgehead atoms. The lowest BCUT2D eigenvalue weighted by Crippen LogP contribution is -2.36. The maximum atomic E-state index is 12.4. The van der Waals surface area contributed by atoms with Crippen molar-refractivity contribution in [3.05, 3.63) is 23.9 Å². The molecule has 0 aliphatic carbocycles. The van der Waals surface area contributed by atoms with Gasteiger partial charge in [-0.25, -0.2) is 4.98 Å². The van der Waals surface area contributed by atoms with E-state index in [4.69, 9.17) is 9.84 Å². The quantitative estimate of drug-likeness (QED) is 0.706. The Morgan fingerprint density at radius 3 is 2.95 bits per heavy atom. The molecule has 1 aromatic heterocycles. The standard InChI is InChI=1S/C14H23N3O3/c1-3-5-15-13-11-12(4-6-16-13)14(19)17(7-9-18)8-10-20-2/h4,6,11,18H,3,5,7-10H2,1-2H3,(H,15,16). The first-order chi connectivity index (χ1) is 9.72. The number of aliphatic hydroxyl groups excluding tert-OH is 1. The van der Waals surface area contributed by atoms with Gasteiger partial charge in [-0.3, -0.25) is 4.79 Å². The third kappa shape index (κ3) is 5.14. The molecule has 6 nitrogen and oxygen atoms in total. The van der Waals surface area contributed by atoms with Crippen LogP contribution in [0.5, 0.6) is 0 Å². The Kier molecular flexibility index (Phi) is 7.60. The summed E-state index contributed by atoms with van der Waals surface area (Å²) < 4.78 is 4.98. The highest BCUT2D eigenvalue weighted by Gasteiger charge is 2.15. The molecule has 1 amide bonds. The Morgan fingerprint density at radius 1 is 1.50 bits per heavy atom. The number of anilines is 1. The number of carbonyl (C=O) groups excluding carboxylic acids is 1. The summed E-state index contributed by atoms with van der Waals surface area (Å²) in [7, 11) is 1.58. The number of ether oxygens (including phenoxy) is 1. The molecule has 1 aromatic rings. The zero-order valence-electron chi connectivity index (χ0n) is 12.1. The average molecular weight is 281 g/mol. The third-order valence-corrected chi connectivity index (χ3v) is 2.79. The summed E-state index contributed by atoms with van der Waals surface area (Å²) in [4.78, 5) is 18.1. The van der Waals surface area contributed by atoms with Crippen molar-refractivity contribution in [3.8, 4) is 0 Å². The van der Waals surface area contributed by atoms with Crippen LogP contribution in [0.1, 0.15) is 23.7 Å². The van der Waals surface area contributed by atoms with Gasteiger partial charge in [0.25, 0.3) is 5.91 Å². The van der Waals surface area contributed by atoms with E-state index in [0.29, 0.717) is 31.1 Å². The van der Waals surface area contributed by atoms with Crippen LogP contribution in [0, 0.1) is 0 Å². The van der Waals surface area contributed by atoms with Crippen LogP contribution >= 0.6 is 0 Å². The van der Waals surface area contributed by atoms with Crippen LogP contribution in [-0.4, -0.2) is 60.9 Å². The van der Waals surface area contributed by atoms with Gasteiger partial charge in [-0.2, -0.15) is 0 Å². The fourth-order valence-corrected chi connectivity index (χ4v) is 1.73. The highest BCUT2D eigenvalue weighted by atomic mass is 16.5. The van der Waals surface area contributed by atoms with E-state index in [0.717, 1.165) is 13.0 Å². The number of aliphatic hydroxyl groups is 1. The molecule has 0 unspecified atom stereocenters. The van der Waals surface area contributed by atoms with Gasteiger partial charge in [0.2, 0.25) is 0 Å². The van der Waals surface area contributed by atoms with E-state index in [1.807, 2.05) is 0 Å². The molecule has 0 aromatic carbocycles. The number of aromatic nitrogens is 1. The van der Waals surface area contributed by atoms with Crippen molar-refractivity contribution < 1.29 is 14.6 Å². The normalized spacial score (nSPS) is 10.3. The Hall–Kier alpha value is -1.66. The van der Waals surface area contributed by atoms with Gasteiger partial charge in [0.05, 0.1) is 13.2 Å². The summed E-state index contributed by atoms with van der Waals surface area (Å²) in [5, 5.41) is 12.2. The third-order valence-electron chi connectivity index (χ3n) is 2.79. The van der Waals surface area contributed by atoms with E-state index in [9.17, 15) is 4.79 Å². The molecule has 20 heavy (non-hydrogen) atoms. The number of rotatable bonds is 9. The first-order valence-corrected chi connectivity index (χ1v) is 6.82. The van der Waals surface area contributed by atoms with Crippen molar-refractivity contribution >= 4 is 11.7 Å². The van der Waals surface area contributed by atoms with Gasteiger partial charge in [0, 0.05) is 38.5 Å². The minimum absolute atomic E-state index is 0.0680. The molecule has 0 radical (unpaired) electrons. The van der Waals surface area contributed by atoms with E-state index in [1.54, 1.807) is 30.3 Å². The summed E-state index contributed by atoms with van der Waals surface area (Å²) in [6.07, 6.45) is 2.60. The Balaban J connectivity index is 2.76. The lowest BCUT2D eigenvalue weighted by atomic mass is 10.2. The number of amides is 1. The molecular weight excluding hydrogens is 258 g/mol. The Bertz CT molecular complexity index is 412. The summed E-state index contributed by atoms with van der Waals surface area (Å²) >= 11 is 0. The van der Waals surface area contributed by atoms with Crippen LogP contribution in [0.2, 0.25) is 0 Å². The average Bonchev–Trinajstić information content (AvgIpc) is 2.49. The molecule has 1 heterocycles. The molecule has 112 valence electrons. The zero-order chi connectivity index (χ0) is 14.8. The Morgan fingerprint density at radius 2 is 2.30 bits per heavy atom. The predicted octanol–water partition coefficient (Wildman–Crippen LogP) is 0.984. The molecular formula is C14H23N3O3. The van der Waals surface area contributed by atoms with E-state index in [1.165, 1.54) is 0 Å².